The van der Waals surface area contributed by atoms with Crippen LogP contribution in [0.15, 0.2) is 191 Å². The molecule has 262 valence electrons. The fourth-order valence-electron chi connectivity index (χ4n) is 7.68. The third kappa shape index (κ3) is 5.43. The standard InChI is InChI=1S/C50H30N4O2/c1-4-13-31(14-5-1)36-19-10-22-39-38(36)21-11-23-40(39)50-51-43-24-12-20-37(46(43)56-50)34-25-27-44-41(29-34)42-30-35(26-28-45(42)55-44)49-53-47(32-15-6-2-7-16-32)52-48(54-49)33-17-8-3-9-18-33/h1-30H. The van der Waals surface area contributed by atoms with Gasteiger partial charge in [0.25, 0.3) is 0 Å². The molecule has 8 aromatic carbocycles. The fourth-order valence-corrected chi connectivity index (χ4v) is 7.68. The fraction of sp³-hybridized carbons (Fsp3) is 0. The number of furan rings is 1. The maximum atomic E-state index is 6.69. The molecule has 0 radical (unpaired) electrons. The van der Waals surface area contributed by atoms with Crippen molar-refractivity contribution >= 4 is 43.8 Å². The lowest BCUT2D eigenvalue weighted by atomic mass is 9.95. The summed E-state index contributed by atoms with van der Waals surface area (Å²) in [5, 5.41) is 4.20. The van der Waals surface area contributed by atoms with Gasteiger partial charge >= 0.3 is 0 Å². The SMILES string of the molecule is c1ccc(-c2nc(-c3ccccc3)nc(-c3ccc4oc5ccc(-c6cccc7nc(-c8cccc9c(-c%10ccccc%10)cccc89)oc67)cc5c4c3)n2)cc1. The molecule has 0 aliphatic rings. The zero-order valence-electron chi connectivity index (χ0n) is 29.9. The molecule has 0 atom stereocenters. The van der Waals surface area contributed by atoms with Gasteiger partial charge in [-0.3, -0.25) is 0 Å². The molecule has 0 N–H and O–H groups in total. The second-order valence-electron chi connectivity index (χ2n) is 13.8. The van der Waals surface area contributed by atoms with Crippen molar-refractivity contribution in [3.05, 3.63) is 182 Å². The van der Waals surface area contributed by atoms with Crippen molar-refractivity contribution in [1.29, 1.82) is 0 Å². The van der Waals surface area contributed by atoms with E-state index in [1.54, 1.807) is 0 Å². The molecule has 0 fully saturated rings. The number of hydrogen-bond donors (Lipinski definition) is 0. The first-order valence-electron chi connectivity index (χ1n) is 18.5. The summed E-state index contributed by atoms with van der Waals surface area (Å²) in [5.41, 5.74) is 11.1. The van der Waals surface area contributed by atoms with Crippen LogP contribution in [0.4, 0.5) is 0 Å². The molecule has 0 aliphatic heterocycles. The van der Waals surface area contributed by atoms with Gasteiger partial charge in [-0.1, -0.05) is 140 Å². The van der Waals surface area contributed by atoms with Crippen LogP contribution in [0.25, 0.3) is 112 Å². The van der Waals surface area contributed by atoms with E-state index in [2.05, 4.69) is 84.9 Å². The number of para-hydroxylation sites is 1. The summed E-state index contributed by atoms with van der Waals surface area (Å²) < 4.78 is 13.1. The van der Waals surface area contributed by atoms with Crippen LogP contribution in [-0.4, -0.2) is 19.9 Å². The Morgan fingerprint density at radius 1 is 0.304 bits per heavy atom. The first-order valence-corrected chi connectivity index (χ1v) is 18.5. The van der Waals surface area contributed by atoms with Crippen LogP contribution in [0.1, 0.15) is 0 Å². The molecular weight excluding hydrogens is 689 g/mol. The minimum Gasteiger partial charge on any atom is -0.456 e. The minimum absolute atomic E-state index is 0.588. The summed E-state index contributed by atoms with van der Waals surface area (Å²) >= 11 is 0. The van der Waals surface area contributed by atoms with E-state index in [1.165, 1.54) is 11.1 Å². The number of hydrogen-bond acceptors (Lipinski definition) is 6. The summed E-state index contributed by atoms with van der Waals surface area (Å²) in [4.78, 5) is 19.8. The number of fused-ring (bicyclic) bond motifs is 5. The van der Waals surface area contributed by atoms with Gasteiger partial charge in [0.05, 0.1) is 0 Å². The third-order valence-corrected chi connectivity index (χ3v) is 10.4. The molecule has 11 rings (SSSR count). The Labute approximate surface area is 321 Å². The van der Waals surface area contributed by atoms with Gasteiger partial charge in [0.1, 0.15) is 16.7 Å². The summed E-state index contributed by atoms with van der Waals surface area (Å²) in [6.45, 7) is 0. The monoisotopic (exact) mass is 718 g/mol. The van der Waals surface area contributed by atoms with Crippen molar-refractivity contribution in [1.82, 2.24) is 19.9 Å². The van der Waals surface area contributed by atoms with E-state index in [-0.39, 0.29) is 0 Å². The molecule has 0 bridgehead atoms. The van der Waals surface area contributed by atoms with E-state index in [0.717, 1.165) is 77.2 Å². The number of nitrogens with zero attached hydrogens (tertiary/aromatic N) is 4. The summed E-state index contributed by atoms with van der Waals surface area (Å²) in [7, 11) is 0. The van der Waals surface area contributed by atoms with Gasteiger partial charge < -0.3 is 8.83 Å². The van der Waals surface area contributed by atoms with Crippen LogP contribution < -0.4 is 0 Å². The molecule has 0 unspecified atom stereocenters. The predicted octanol–water partition coefficient (Wildman–Crippen LogP) is 13.1. The molecular formula is C50H30N4O2. The van der Waals surface area contributed by atoms with Gasteiger partial charge in [-0.2, -0.15) is 0 Å². The molecule has 0 saturated heterocycles. The highest BCUT2D eigenvalue weighted by atomic mass is 16.3. The zero-order valence-corrected chi connectivity index (χ0v) is 29.9. The van der Waals surface area contributed by atoms with Gasteiger partial charge in [-0.15, -0.1) is 0 Å². The normalized spacial score (nSPS) is 11.6. The Hall–Kier alpha value is -7.70. The van der Waals surface area contributed by atoms with Crippen LogP contribution >= 0.6 is 0 Å². The van der Waals surface area contributed by atoms with Crippen molar-refractivity contribution < 1.29 is 8.83 Å². The van der Waals surface area contributed by atoms with Crippen molar-refractivity contribution in [2.24, 2.45) is 0 Å². The average Bonchev–Trinajstić information content (AvgIpc) is 3.88. The van der Waals surface area contributed by atoms with Crippen molar-refractivity contribution in [3.63, 3.8) is 0 Å². The van der Waals surface area contributed by atoms with Crippen LogP contribution in [0.2, 0.25) is 0 Å². The van der Waals surface area contributed by atoms with E-state index in [0.29, 0.717) is 23.4 Å². The first kappa shape index (κ1) is 31.8. The molecule has 3 heterocycles. The Kier molecular flexibility index (Phi) is 7.38. The smallest absolute Gasteiger partial charge is 0.227 e. The van der Waals surface area contributed by atoms with E-state index in [9.17, 15) is 0 Å². The maximum absolute atomic E-state index is 6.69. The number of oxazole rings is 1. The van der Waals surface area contributed by atoms with Crippen molar-refractivity contribution in [2.45, 2.75) is 0 Å². The lowest BCUT2D eigenvalue weighted by Gasteiger charge is -2.09. The lowest BCUT2D eigenvalue weighted by molar-refractivity contribution is 0.621. The second-order valence-corrected chi connectivity index (χ2v) is 13.8. The van der Waals surface area contributed by atoms with Gasteiger partial charge in [-0.05, 0) is 69.9 Å². The average molecular weight is 719 g/mol. The van der Waals surface area contributed by atoms with E-state index in [1.807, 2.05) is 97.1 Å². The highest BCUT2D eigenvalue weighted by Crippen LogP contribution is 2.40. The molecule has 3 aromatic heterocycles. The van der Waals surface area contributed by atoms with E-state index >= 15 is 0 Å². The van der Waals surface area contributed by atoms with Crippen molar-refractivity contribution in [2.75, 3.05) is 0 Å². The van der Waals surface area contributed by atoms with Gasteiger partial charge in [0.2, 0.25) is 5.89 Å². The molecule has 0 spiro atoms. The quantitative estimate of drug-likeness (QED) is 0.170. The van der Waals surface area contributed by atoms with Crippen LogP contribution in [0.3, 0.4) is 0 Å². The largest absolute Gasteiger partial charge is 0.456 e. The maximum Gasteiger partial charge on any atom is 0.227 e. The molecule has 6 heteroatoms. The summed E-state index contributed by atoms with van der Waals surface area (Å²) in [6.07, 6.45) is 0. The Bertz CT molecular complexity index is 3190. The van der Waals surface area contributed by atoms with E-state index in [4.69, 9.17) is 28.8 Å². The van der Waals surface area contributed by atoms with Gasteiger partial charge in [0.15, 0.2) is 23.1 Å². The van der Waals surface area contributed by atoms with Crippen LogP contribution in [0, 0.1) is 0 Å². The lowest BCUT2D eigenvalue weighted by Crippen LogP contribution is -2.00. The number of rotatable bonds is 6. The number of benzene rings is 8. The second kappa shape index (κ2) is 13.0. The molecule has 0 saturated carbocycles. The zero-order chi connectivity index (χ0) is 37.0. The Morgan fingerprint density at radius 2 is 0.804 bits per heavy atom. The molecule has 56 heavy (non-hydrogen) atoms. The molecule has 11 aromatic rings. The molecule has 0 aliphatic carbocycles. The van der Waals surface area contributed by atoms with Gasteiger partial charge in [-0.25, -0.2) is 19.9 Å². The highest BCUT2D eigenvalue weighted by molar-refractivity contribution is 6.09. The minimum atomic E-state index is 0.588. The first-order chi connectivity index (χ1) is 27.7. The third-order valence-electron chi connectivity index (χ3n) is 10.4. The van der Waals surface area contributed by atoms with E-state index < -0.39 is 0 Å². The van der Waals surface area contributed by atoms with Crippen LogP contribution in [0.5, 0.6) is 0 Å². The Balaban J connectivity index is 1.02. The van der Waals surface area contributed by atoms with Crippen molar-refractivity contribution in [3.8, 4) is 67.9 Å². The summed E-state index contributed by atoms with van der Waals surface area (Å²) in [5.74, 6) is 2.42. The summed E-state index contributed by atoms with van der Waals surface area (Å²) in [6, 6.07) is 61.8. The van der Waals surface area contributed by atoms with Crippen LogP contribution in [-0.2, 0) is 0 Å². The topological polar surface area (TPSA) is 77.8 Å². The predicted molar refractivity (Wildman–Crippen MR) is 225 cm³/mol. The highest BCUT2D eigenvalue weighted by Gasteiger charge is 2.19. The van der Waals surface area contributed by atoms with Gasteiger partial charge in [0, 0.05) is 38.6 Å². The molecule has 6 nitrogen and oxygen atoms in total. The number of aromatic nitrogens is 4. The molecule has 0 amide bonds. The Morgan fingerprint density at radius 3 is 1.45 bits per heavy atom.